The van der Waals surface area contributed by atoms with Crippen LogP contribution >= 0.6 is 0 Å². The second-order valence-electron chi connectivity index (χ2n) is 5.57. The van der Waals surface area contributed by atoms with Crippen molar-refractivity contribution in [2.75, 3.05) is 40.4 Å². The van der Waals surface area contributed by atoms with E-state index in [0.29, 0.717) is 11.5 Å². The zero-order valence-electron chi connectivity index (χ0n) is 16.4. The van der Waals surface area contributed by atoms with Crippen molar-refractivity contribution in [2.45, 2.75) is 0 Å². The number of methoxy groups -OCH3 is 4. The molecule has 29 heavy (non-hydrogen) atoms. The summed E-state index contributed by atoms with van der Waals surface area (Å²) in [6.07, 6.45) is 0. The smallest absolute Gasteiger partial charge is 0.342 e. The summed E-state index contributed by atoms with van der Waals surface area (Å²) in [6.45, 7) is -0.578. The van der Waals surface area contributed by atoms with Crippen molar-refractivity contribution >= 4 is 23.5 Å². The lowest BCUT2D eigenvalue weighted by Crippen LogP contribution is -2.22. The molecule has 1 amide bonds. The third kappa shape index (κ3) is 5.16. The van der Waals surface area contributed by atoms with E-state index in [2.05, 4.69) is 10.1 Å². The molecule has 0 heterocycles. The highest BCUT2D eigenvalue weighted by atomic mass is 16.5. The molecule has 0 aliphatic heterocycles. The lowest BCUT2D eigenvalue weighted by molar-refractivity contribution is -0.119. The quantitative estimate of drug-likeness (QED) is 0.669. The summed E-state index contributed by atoms with van der Waals surface area (Å²) in [7, 11) is 5.49. The van der Waals surface area contributed by atoms with Gasteiger partial charge in [0, 0.05) is 12.1 Å². The number of para-hydroxylation sites is 1. The van der Waals surface area contributed by atoms with Crippen molar-refractivity contribution in [2.24, 2.45) is 0 Å². The first kappa shape index (κ1) is 21.5. The van der Waals surface area contributed by atoms with Crippen molar-refractivity contribution in [1.82, 2.24) is 0 Å². The van der Waals surface area contributed by atoms with Crippen LogP contribution < -0.4 is 19.5 Å². The molecule has 0 fully saturated rings. The number of benzene rings is 2. The number of amides is 1. The standard InChI is InChI=1S/C20H21NO8/c1-25-15-10-17(27-3)16(26-2)9-13(15)20(24)29-11-18(22)21-14-8-6-5-7-12(14)19(23)28-4/h5-10H,11H2,1-4H3,(H,21,22). The molecule has 0 aliphatic rings. The summed E-state index contributed by atoms with van der Waals surface area (Å²) >= 11 is 0. The Balaban J connectivity index is 2.10. The number of carbonyl (C=O) groups excluding carboxylic acids is 3. The van der Waals surface area contributed by atoms with Crippen molar-refractivity contribution in [3.8, 4) is 17.2 Å². The van der Waals surface area contributed by atoms with Gasteiger partial charge in [-0.15, -0.1) is 0 Å². The Morgan fingerprint density at radius 3 is 2.03 bits per heavy atom. The zero-order valence-corrected chi connectivity index (χ0v) is 16.4. The van der Waals surface area contributed by atoms with E-state index in [9.17, 15) is 14.4 Å². The zero-order chi connectivity index (χ0) is 21.4. The molecule has 154 valence electrons. The average Bonchev–Trinajstić information content (AvgIpc) is 2.76. The molecule has 0 atom stereocenters. The summed E-state index contributed by atoms with van der Waals surface area (Å²) < 4.78 is 25.2. The van der Waals surface area contributed by atoms with E-state index in [0.717, 1.165) is 0 Å². The number of ether oxygens (including phenoxy) is 5. The van der Waals surface area contributed by atoms with Crippen molar-refractivity contribution in [3.05, 3.63) is 47.5 Å². The van der Waals surface area contributed by atoms with E-state index in [1.807, 2.05) is 0 Å². The molecule has 0 bridgehead atoms. The molecular weight excluding hydrogens is 382 g/mol. The van der Waals surface area contributed by atoms with E-state index in [4.69, 9.17) is 18.9 Å². The number of hydrogen-bond acceptors (Lipinski definition) is 8. The first-order valence-corrected chi connectivity index (χ1v) is 8.39. The van der Waals surface area contributed by atoms with Gasteiger partial charge in [-0.1, -0.05) is 12.1 Å². The molecule has 0 aliphatic carbocycles. The Labute approximate surface area is 167 Å². The highest BCUT2D eigenvalue weighted by Crippen LogP contribution is 2.34. The van der Waals surface area contributed by atoms with Crippen LogP contribution in [0.2, 0.25) is 0 Å². The topological polar surface area (TPSA) is 109 Å². The van der Waals surface area contributed by atoms with Crippen molar-refractivity contribution in [3.63, 3.8) is 0 Å². The first-order valence-electron chi connectivity index (χ1n) is 8.39. The third-order valence-electron chi connectivity index (χ3n) is 3.87. The predicted octanol–water partition coefficient (Wildman–Crippen LogP) is 2.29. The molecule has 1 N–H and O–H groups in total. The molecule has 9 nitrogen and oxygen atoms in total. The van der Waals surface area contributed by atoms with Crippen LogP contribution in [0.15, 0.2) is 36.4 Å². The summed E-state index contributed by atoms with van der Waals surface area (Å²) in [6, 6.07) is 9.17. The molecule has 0 spiro atoms. The number of esters is 2. The molecule has 0 unspecified atom stereocenters. The van der Waals surface area contributed by atoms with Gasteiger partial charge in [0.15, 0.2) is 18.1 Å². The van der Waals surface area contributed by atoms with Gasteiger partial charge in [-0.25, -0.2) is 9.59 Å². The maximum atomic E-state index is 12.4. The molecular formula is C20H21NO8. The van der Waals surface area contributed by atoms with Gasteiger partial charge < -0.3 is 29.0 Å². The second-order valence-corrected chi connectivity index (χ2v) is 5.57. The van der Waals surface area contributed by atoms with Gasteiger partial charge in [0.2, 0.25) is 0 Å². The summed E-state index contributed by atoms with van der Waals surface area (Å²) in [5.41, 5.74) is 0.480. The highest BCUT2D eigenvalue weighted by molar-refractivity contribution is 6.02. The Hall–Kier alpha value is -3.75. The van der Waals surface area contributed by atoms with Gasteiger partial charge in [0.1, 0.15) is 11.3 Å². The lowest BCUT2D eigenvalue weighted by atomic mass is 10.1. The van der Waals surface area contributed by atoms with Crippen molar-refractivity contribution in [1.29, 1.82) is 0 Å². The Bertz CT molecular complexity index is 909. The number of anilines is 1. The molecule has 2 aromatic rings. The molecule has 0 saturated carbocycles. The van der Waals surface area contributed by atoms with Crippen LogP contribution in [0.4, 0.5) is 5.69 Å². The van der Waals surface area contributed by atoms with Crippen LogP contribution in [0.5, 0.6) is 17.2 Å². The first-order chi connectivity index (χ1) is 13.9. The molecule has 0 radical (unpaired) electrons. The summed E-state index contributed by atoms with van der Waals surface area (Å²) in [4.78, 5) is 36.3. The molecule has 2 rings (SSSR count). The van der Waals surface area contributed by atoms with E-state index in [-0.39, 0.29) is 22.6 Å². The molecule has 0 saturated heterocycles. The Morgan fingerprint density at radius 2 is 1.41 bits per heavy atom. The van der Waals surface area contributed by atoms with E-state index >= 15 is 0 Å². The van der Waals surface area contributed by atoms with Gasteiger partial charge in [-0.2, -0.15) is 0 Å². The summed E-state index contributed by atoms with van der Waals surface area (Å²) in [5.74, 6) is -1.15. The van der Waals surface area contributed by atoms with Gasteiger partial charge in [0.05, 0.1) is 39.7 Å². The fourth-order valence-electron chi connectivity index (χ4n) is 2.46. The molecule has 9 heteroatoms. The van der Waals surface area contributed by atoms with Gasteiger partial charge >= 0.3 is 11.9 Å². The van der Waals surface area contributed by atoms with Gasteiger partial charge in [-0.3, -0.25) is 4.79 Å². The third-order valence-corrected chi connectivity index (χ3v) is 3.87. The fourth-order valence-corrected chi connectivity index (χ4v) is 2.46. The minimum atomic E-state index is -0.792. The number of rotatable bonds is 8. The molecule has 2 aromatic carbocycles. The fraction of sp³-hybridized carbons (Fsp3) is 0.250. The maximum absolute atomic E-state index is 12.4. The van der Waals surface area contributed by atoms with Crippen LogP contribution in [0.25, 0.3) is 0 Å². The normalized spacial score (nSPS) is 9.93. The van der Waals surface area contributed by atoms with Crippen LogP contribution in [-0.2, 0) is 14.3 Å². The maximum Gasteiger partial charge on any atom is 0.342 e. The lowest BCUT2D eigenvalue weighted by Gasteiger charge is -2.14. The van der Waals surface area contributed by atoms with Crippen molar-refractivity contribution < 1.29 is 38.1 Å². The van der Waals surface area contributed by atoms with Crippen LogP contribution in [-0.4, -0.2) is 52.9 Å². The second kappa shape index (κ2) is 9.98. The van der Waals surface area contributed by atoms with E-state index in [1.165, 1.54) is 52.7 Å². The van der Waals surface area contributed by atoms with E-state index in [1.54, 1.807) is 12.1 Å². The number of hydrogen-bond donors (Lipinski definition) is 1. The highest BCUT2D eigenvalue weighted by Gasteiger charge is 2.20. The summed E-state index contributed by atoms with van der Waals surface area (Å²) in [5, 5.41) is 2.51. The monoisotopic (exact) mass is 403 g/mol. The number of carbonyl (C=O) groups is 3. The molecule has 0 aromatic heterocycles. The average molecular weight is 403 g/mol. The van der Waals surface area contributed by atoms with E-state index < -0.39 is 24.5 Å². The van der Waals surface area contributed by atoms with Gasteiger partial charge in [-0.05, 0) is 12.1 Å². The SMILES string of the molecule is COC(=O)c1ccccc1NC(=O)COC(=O)c1cc(OC)c(OC)cc1OC. The minimum Gasteiger partial charge on any atom is -0.496 e. The Morgan fingerprint density at radius 1 is 0.793 bits per heavy atom. The van der Waals surface area contributed by atoms with Gasteiger partial charge in [0.25, 0.3) is 5.91 Å². The Kier molecular flexibility index (Phi) is 7.41. The largest absolute Gasteiger partial charge is 0.496 e. The van der Waals surface area contributed by atoms with Crippen LogP contribution in [0, 0.1) is 0 Å². The van der Waals surface area contributed by atoms with Crippen LogP contribution in [0.1, 0.15) is 20.7 Å². The minimum absolute atomic E-state index is 0.0629. The van der Waals surface area contributed by atoms with Crippen LogP contribution in [0.3, 0.4) is 0 Å². The number of nitrogens with one attached hydrogen (secondary N) is 1. The predicted molar refractivity (Wildman–Crippen MR) is 103 cm³/mol.